The molecular weight excluding hydrogens is 150 g/mol. The zero-order chi connectivity index (χ0) is 7.94. The summed E-state index contributed by atoms with van der Waals surface area (Å²) >= 11 is 0. The van der Waals surface area contributed by atoms with Gasteiger partial charge in [0, 0.05) is 6.04 Å². The van der Waals surface area contributed by atoms with Crippen molar-refractivity contribution in [2.75, 3.05) is 19.8 Å². The van der Waals surface area contributed by atoms with E-state index in [1.807, 2.05) is 19.0 Å². The maximum absolute atomic E-state index is 10.9. The van der Waals surface area contributed by atoms with Gasteiger partial charge in [-0.1, -0.05) is 0 Å². The van der Waals surface area contributed by atoms with Crippen LogP contribution in [0.25, 0.3) is 0 Å². The lowest BCUT2D eigenvalue weighted by Crippen LogP contribution is -2.56. The summed E-state index contributed by atoms with van der Waals surface area (Å²) in [6.45, 7) is 1.77. The van der Waals surface area contributed by atoms with Gasteiger partial charge in [0.15, 0.2) is 9.84 Å². The van der Waals surface area contributed by atoms with Crippen LogP contribution in [0.2, 0.25) is 0 Å². The van der Waals surface area contributed by atoms with Gasteiger partial charge in [-0.2, -0.15) is 0 Å². The fourth-order valence-corrected chi connectivity index (χ4v) is 3.04. The van der Waals surface area contributed by atoms with E-state index in [1.54, 1.807) is 6.92 Å². The van der Waals surface area contributed by atoms with Gasteiger partial charge in [-0.25, -0.2) is 8.42 Å². The molecule has 1 aliphatic heterocycles. The van der Waals surface area contributed by atoms with E-state index >= 15 is 0 Å². The zero-order valence-electron chi connectivity index (χ0n) is 6.53. The van der Waals surface area contributed by atoms with Gasteiger partial charge in [0.05, 0.1) is 11.0 Å². The van der Waals surface area contributed by atoms with Crippen molar-refractivity contribution in [2.24, 2.45) is 0 Å². The van der Waals surface area contributed by atoms with Crippen molar-refractivity contribution >= 4 is 9.84 Å². The lowest BCUT2D eigenvalue weighted by atomic mass is 10.2. The summed E-state index contributed by atoms with van der Waals surface area (Å²) in [4.78, 5) is 1.96. The van der Waals surface area contributed by atoms with Crippen molar-refractivity contribution in [3.8, 4) is 0 Å². The second-order valence-electron chi connectivity index (χ2n) is 3.07. The third-order valence-corrected chi connectivity index (χ3v) is 4.43. The summed E-state index contributed by atoms with van der Waals surface area (Å²) in [5.41, 5.74) is 0. The van der Waals surface area contributed by atoms with Crippen LogP contribution in [-0.2, 0) is 9.84 Å². The van der Waals surface area contributed by atoms with Gasteiger partial charge in [0.2, 0.25) is 0 Å². The molecule has 0 spiro atoms. The van der Waals surface area contributed by atoms with Crippen LogP contribution in [0.15, 0.2) is 0 Å². The minimum absolute atomic E-state index is 0.164. The molecule has 2 atom stereocenters. The molecule has 10 heavy (non-hydrogen) atoms. The molecule has 1 rings (SSSR count). The fourth-order valence-electron chi connectivity index (χ4n) is 1.21. The Kier molecular flexibility index (Phi) is 1.76. The summed E-state index contributed by atoms with van der Waals surface area (Å²) in [5.74, 6) is 0.334. The standard InChI is InChI=1S/C6H13NO2S/c1-5-6(7(2)3)4-10(5,8)9/h5-6H,4H2,1-3H3. The molecule has 1 fully saturated rings. The lowest BCUT2D eigenvalue weighted by molar-refractivity contribution is 0.285. The topological polar surface area (TPSA) is 37.4 Å². The third-order valence-electron chi connectivity index (χ3n) is 2.17. The fraction of sp³-hybridized carbons (Fsp3) is 1.00. The first-order chi connectivity index (χ1) is 4.45. The van der Waals surface area contributed by atoms with Gasteiger partial charge in [-0.05, 0) is 21.0 Å². The molecule has 4 heteroatoms. The molecule has 1 aliphatic rings. The first kappa shape index (κ1) is 8.01. The quantitative estimate of drug-likeness (QED) is 0.534. The second-order valence-corrected chi connectivity index (χ2v) is 5.47. The minimum Gasteiger partial charge on any atom is -0.304 e. The van der Waals surface area contributed by atoms with Crippen LogP contribution in [-0.4, -0.2) is 44.5 Å². The van der Waals surface area contributed by atoms with Crippen LogP contribution in [0.5, 0.6) is 0 Å². The number of hydrogen-bond acceptors (Lipinski definition) is 3. The predicted molar refractivity (Wildman–Crippen MR) is 40.7 cm³/mol. The summed E-state index contributed by atoms with van der Waals surface area (Å²) in [6.07, 6.45) is 0. The molecular formula is C6H13NO2S. The summed E-state index contributed by atoms with van der Waals surface area (Å²) in [6, 6.07) is 0.241. The molecule has 0 bridgehead atoms. The summed E-state index contributed by atoms with van der Waals surface area (Å²) < 4.78 is 21.8. The summed E-state index contributed by atoms with van der Waals surface area (Å²) in [5, 5.41) is -0.164. The van der Waals surface area contributed by atoms with Gasteiger partial charge in [0.1, 0.15) is 0 Å². The normalized spacial score (nSPS) is 37.6. The first-order valence-electron chi connectivity index (χ1n) is 3.33. The average molecular weight is 163 g/mol. The molecule has 0 N–H and O–H groups in total. The third kappa shape index (κ3) is 1.06. The van der Waals surface area contributed by atoms with Crippen LogP contribution in [0.1, 0.15) is 6.92 Å². The molecule has 0 radical (unpaired) electrons. The lowest BCUT2D eigenvalue weighted by Gasteiger charge is -2.38. The van der Waals surface area contributed by atoms with E-state index in [0.717, 1.165) is 0 Å². The molecule has 0 aromatic rings. The minimum atomic E-state index is -2.70. The van der Waals surface area contributed by atoms with Crippen LogP contribution in [0.3, 0.4) is 0 Å². The Bertz CT molecular complexity index is 220. The zero-order valence-corrected chi connectivity index (χ0v) is 7.35. The molecule has 1 heterocycles. The molecule has 1 saturated heterocycles. The number of rotatable bonds is 1. The van der Waals surface area contributed by atoms with Gasteiger partial charge in [-0.3, -0.25) is 0 Å². The van der Waals surface area contributed by atoms with E-state index in [-0.39, 0.29) is 11.3 Å². The maximum atomic E-state index is 10.9. The highest BCUT2D eigenvalue weighted by atomic mass is 32.2. The van der Waals surface area contributed by atoms with Gasteiger partial charge < -0.3 is 4.90 Å². The first-order valence-corrected chi connectivity index (χ1v) is 5.04. The molecule has 0 aromatic carbocycles. The van der Waals surface area contributed by atoms with Crippen LogP contribution in [0.4, 0.5) is 0 Å². The predicted octanol–water partition coefficient (Wildman–Crippen LogP) is -0.266. The highest BCUT2D eigenvalue weighted by Gasteiger charge is 2.43. The van der Waals surface area contributed by atoms with Crippen molar-refractivity contribution in [1.29, 1.82) is 0 Å². The van der Waals surface area contributed by atoms with Gasteiger partial charge in [0.25, 0.3) is 0 Å². The van der Waals surface area contributed by atoms with Crippen molar-refractivity contribution < 1.29 is 8.42 Å². The second kappa shape index (κ2) is 2.20. The van der Waals surface area contributed by atoms with Gasteiger partial charge >= 0.3 is 0 Å². The Morgan fingerprint density at radius 2 is 1.90 bits per heavy atom. The van der Waals surface area contributed by atoms with Crippen molar-refractivity contribution in [3.63, 3.8) is 0 Å². The van der Waals surface area contributed by atoms with Crippen molar-refractivity contribution in [1.82, 2.24) is 4.90 Å². The highest BCUT2D eigenvalue weighted by Crippen LogP contribution is 2.23. The van der Waals surface area contributed by atoms with Crippen molar-refractivity contribution in [2.45, 2.75) is 18.2 Å². The molecule has 3 nitrogen and oxygen atoms in total. The Hall–Kier alpha value is -0.0900. The SMILES string of the molecule is CC1C(N(C)C)CS1(=O)=O. The molecule has 0 aliphatic carbocycles. The maximum Gasteiger partial charge on any atom is 0.156 e. The molecule has 0 aromatic heterocycles. The smallest absolute Gasteiger partial charge is 0.156 e. The van der Waals surface area contributed by atoms with E-state index < -0.39 is 9.84 Å². The van der Waals surface area contributed by atoms with E-state index in [1.165, 1.54) is 0 Å². The van der Waals surface area contributed by atoms with E-state index in [4.69, 9.17) is 0 Å². The van der Waals surface area contributed by atoms with Crippen LogP contribution < -0.4 is 0 Å². The average Bonchev–Trinajstić information content (AvgIpc) is 1.82. The van der Waals surface area contributed by atoms with E-state index in [9.17, 15) is 8.42 Å². The Morgan fingerprint density at radius 3 is 2.00 bits per heavy atom. The monoisotopic (exact) mass is 163 g/mol. The number of hydrogen-bond donors (Lipinski definition) is 0. The van der Waals surface area contributed by atoms with Crippen LogP contribution in [0, 0.1) is 0 Å². The Labute approximate surface area is 61.9 Å². The Balaban J connectivity index is 2.64. The molecule has 0 saturated carbocycles. The van der Waals surface area contributed by atoms with E-state index in [2.05, 4.69) is 0 Å². The number of nitrogens with zero attached hydrogens (tertiary/aromatic N) is 1. The van der Waals surface area contributed by atoms with Crippen molar-refractivity contribution in [3.05, 3.63) is 0 Å². The van der Waals surface area contributed by atoms with Crippen LogP contribution >= 0.6 is 0 Å². The number of sulfone groups is 1. The van der Waals surface area contributed by atoms with Gasteiger partial charge in [-0.15, -0.1) is 0 Å². The summed E-state index contributed by atoms with van der Waals surface area (Å²) in [7, 11) is 1.13. The molecule has 0 amide bonds. The molecule has 2 unspecified atom stereocenters. The highest BCUT2D eigenvalue weighted by molar-refractivity contribution is 7.93. The van der Waals surface area contributed by atoms with E-state index in [0.29, 0.717) is 5.75 Å². The largest absolute Gasteiger partial charge is 0.304 e. The Morgan fingerprint density at radius 1 is 1.40 bits per heavy atom. The molecule has 60 valence electrons.